The summed E-state index contributed by atoms with van der Waals surface area (Å²) < 4.78 is 0. The zero-order valence-electron chi connectivity index (χ0n) is 11.6. The van der Waals surface area contributed by atoms with Gasteiger partial charge in [0.05, 0.1) is 11.4 Å². The molecule has 0 saturated carbocycles. The molecule has 0 aliphatic heterocycles. The normalized spacial score (nSPS) is 10.1. The highest BCUT2D eigenvalue weighted by atomic mass is 15.7. The fourth-order valence-electron chi connectivity index (χ4n) is 1.65. The minimum absolute atomic E-state index is 0.0760. The smallest absolute Gasteiger partial charge is 0.122 e. The van der Waals surface area contributed by atoms with Gasteiger partial charge in [0.2, 0.25) is 0 Å². The van der Waals surface area contributed by atoms with Gasteiger partial charge in [0.1, 0.15) is 6.67 Å². The summed E-state index contributed by atoms with van der Waals surface area (Å²) in [5.41, 5.74) is 10.2. The van der Waals surface area contributed by atoms with Crippen molar-refractivity contribution in [2.75, 3.05) is 23.7 Å². The van der Waals surface area contributed by atoms with Crippen molar-refractivity contribution in [1.29, 1.82) is 0 Å². The summed E-state index contributed by atoms with van der Waals surface area (Å²) in [4.78, 5) is 2.75. The maximum atomic E-state index is 8.47. The number of anilines is 2. The Labute approximate surface area is 122 Å². The van der Waals surface area contributed by atoms with Crippen LogP contribution in [0.3, 0.4) is 0 Å². The molecule has 21 heavy (non-hydrogen) atoms. The molecule has 7 nitrogen and oxygen atoms in total. The standard InChI is InChI=1S/C14H15N7/c1-20(13-8-4-2-5-9-13)18-19-21(12-16-17-15)14-10-6-3-7-11-14/h2-11H,12H2,1H3/b19-18+. The zero-order chi connectivity index (χ0) is 14.9. The Kier molecular flexibility index (Phi) is 5.14. The van der Waals surface area contributed by atoms with Gasteiger partial charge in [-0.1, -0.05) is 41.5 Å². The summed E-state index contributed by atoms with van der Waals surface area (Å²) in [6.45, 7) is 0.0760. The van der Waals surface area contributed by atoms with Gasteiger partial charge in [-0.05, 0) is 40.2 Å². The van der Waals surface area contributed by atoms with Crippen LogP contribution < -0.4 is 10.0 Å². The van der Waals surface area contributed by atoms with Gasteiger partial charge in [0.25, 0.3) is 0 Å². The van der Waals surface area contributed by atoms with Crippen molar-refractivity contribution < 1.29 is 0 Å². The first kappa shape index (κ1) is 14.4. The van der Waals surface area contributed by atoms with Crippen molar-refractivity contribution in [1.82, 2.24) is 0 Å². The number of hydrogen-bond donors (Lipinski definition) is 0. The fourth-order valence-corrected chi connectivity index (χ4v) is 1.65. The van der Waals surface area contributed by atoms with Crippen molar-refractivity contribution in [3.05, 3.63) is 71.1 Å². The molecular formula is C14H15N7. The summed E-state index contributed by atoms with van der Waals surface area (Å²) in [6, 6.07) is 19.1. The molecule has 0 amide bonds. The lowest BCUT2D eigenvalue weighted by atomic mass is 10.3. The minimum atomic E-state index is 0.0760. The van der Waals surface area contributed by atoms with E-state index in [0.29, 0.717) is 0 Å². The van der Waals surface area contributed by atoms with E-state index in [-0.39, 0.29) is 6.67 Å². The van der Waals surface area contributed by atoms with Crippen molar-refractivity contribution in [2.24, 2.45) is 15.6 Å². The summed E-state index contributed by atoms with van der Waals surface area (Å²) in [7, 11) is 1.80. The molecule has 7 heteroatoms. The van der Waals surface area contributed by atoms with Gasteiger partial charge in [0, 0.05) is 12.0 Å². The molecule has 2 aromatic carbocycles. The highest BCUT2D eigenvalue weighted by molar-refractivity contribution is 5.45. The molecule has 2 rings (SSSR count). The van der Waals surface area contributed by atoms with Crippen LogP contribution in [0.25, 0.3) is 10.4 Å². The van der Waals surface area contributed by atoms with E-state index in [1.54, 1.807) is 12.1 Å². The van der Waals surface area contributed by atoms with E-state index in [4.69, 9.17) is 5.53 Å². The summed E-state index contributed by atoms with van der Waals surface area (Å²) in [6.07, 6.45) is 0. The Hall–Kier alpha value is -3.05. The summed E-state index contributed by atoms with van der Waals surface area (Å²) >= 11 is 0. The molecular weight excluding hydrogens is 266 g/mol. The van der Waals surface area contributed by atoms with Crippen LogP contribution in [-0.4, -0.2) is 13.7 Å². The molecule has 106 valence electrons. The Morgan fingerprint density at radius 1 is 0.905 bits per heavy atom. The third kappa shape index (κ3) is 4.22. The quantitative estimate of drug-likeness (QED) is 0.344. The van der Waals surface area contributed by atoms with E-state index in [1.165, 1.54) is 5.01 Å². The van der Waals surface area contributed by atoms with E-state index >= 15 is 0 Å². The van der Waals surface area contributed by atoms with Crippen molar-refractivity contribution in [3.8, 4) is 0 Å². The summed E-state index contributed by atoms with van der Waals surface area (Å²) in [5.74, 6) is 0. The average Bonchev–Trinajstić information content (AvgIpc) is 2.56. The molecule has 0 unspecified atom stereocenters. The van der Waals surface area contributed by atoms with Crippen molar-refractivity contribution in [3.63, 3.8) is 0 Å². The number of nitrogens with zero attached hydrogens (tertiary/aromatic N) is 7. The number of benzene rings is 2. The monoisotopic (exact) mass is 281 g/mol. The minimum Gasteiger partial charge on any atom is -0.249 e. The Balaban J connectivity index is 2.15. The third-order valence-corrected chi connectivity index (χ3v) is 2.73. The van der Waals surface area contributed by atoms with Gasteiger partial charge in [0.15, 0.2) is 0 Å². The van der Waals surface area contributed by atoms with Gasteiger partial charge >= 0.3 is 0 Å². The molecule has 0 spiro atoms. The predicted octanol–water partition coefficient (Wildman–Crippen LogP) is 4.18. The predicted molar refractivity (Wildman–Crippen MR) is 82.6 cm³/mol. The second kappa shape index (κ2) is 7.52. The number of azide groups is 1. The molecule has 0 fully saturated rings. The first-order valence-electron chi connectivity index (χ1n) is 6.35. The summed E-state index contributed by atoms with van der Waals surface area (Å²) in [5, 5.41) is 15.0. The highest BCUT2D eigenvalue weighted by Crippen LogP contribution is 2.16. The lowest BCUT2D eigenvalue weighted by molar-refractivity contribution is 0.758. The molecule has 0 aliphatic rings. The number of rotatable bonds is 6. The van der Waals surface area contributed by atoms with Gasteiger partial charge in [-0.2, -0.15) is 0 Å². The Bertz CT molecular complexity index is 620. The topological polar surface area (TPSA) is 80.0 Å². The maximum absolute atomic E-state index is 8.47. The van der Waals surface area contributed by atoms with Crippen LogP contribution in [0.1, 0.15) is 0 Å². The van der Waals surface area contributed by atoms with Crippen molar-refractivity contribution >= 4 is 11.4 Å². The fraction of sp³-hybridized carbons (Fsp3) is 0.143. The Morgan fingerprint density at radius 3 is 2.05 bits per heavy atom. The molecule has 0 aliphatic carbocycles. The molecule has 0 heterocycles. The first-order valence-corrected chi connectivity index (χ1v) is 6.35. The van der Waals surface area contributed by atoms with Gasteiger partial charge < -0.3 is 0 Å². The molecule has 0 saturated heterocycles. The molecule has 0 radical (unpaired) electrons. The molecule has 0 atom stereocenters. The number of hydrogen-bond acceptors (Lipinski definition) is 3. The van der Waals surface area contributed by atoms with Crippen LogP contribution in [0.4, 0.5) is 11.4 Å². The second-order valence-electron chi connectivity index (χ2n) is 4.15. The van der Waals surface area contributed by atoms with E-state index in [9.17, 15) is 0 Å². The SMILES string of the molecule is CN(/N=N/N(CN=[N+]=[N-])c1ccccc1)c1ccccc1. The number of para-hydroxylation sites is 2. The second-order valence-corrected chi connectivity index (χ2v) is 4.15. The molecule has 0 N–H and O–H groups in total. The Morgan fingerprint density at radius 2 is 1.48 bits per heavy atom. The largest absolute Gasteiger partial charge is 0.249 e. The van der Waals surface area contributed by atoms with Gasteiger partial charge in [-0.3, -0.25) is 0 Å². The maximum Gasteiger partial charge on any atom is 0.122 e. The van der Waals surface area contributed by atoms with Crippen LogP contribution in [0.5, 0.6) is 0 Å². The average molecular weight is 281 g/mol. The van der Waals surface area contributed by atoms with Crippen LogP contribution in [0, 0.1) is 0 Å². The van der Waals surface area contributed by atoms with E-state index in [1.807, 2.05) is 60.7 Å². The van der Waals surface area contributed by atoms with Crippen LogP contribution in [0.15, 0.2) is 76.2 Å². The van der Waals surface area contributed by atoms with E-state index < -0.39 is 0 Å². The van der Waals surface area contributed by atoms with E-state index in [2.05, 4.69) is 20.5 Å². The molecule has 0 bridgehead atoms. The van der Waals surface area contributed by atoms with Crippen molar-refractivity contribution in [2.45, 2.75) is 0 Å². The van der Waals surface area contributed by atoms with Gasteiger partial charge in [-0.15, -0.1) is 0 Å². The third-order valence-electron chi connectivity index (χ3n) is 2.73. The van der Waals surface area contributed by atoms with E-state index in [0.717, 1.165) is 11.4 Å². The van der Waals surface area contributed by atoms with Crippen LogP contribution in [-0.2, 0) is 0 Å². The highest BCUT2D eigenvalue weighted by Gasteiger charge is 2.04. The lowest BCUT2D eigenvalue weighted by Crippen LogP contribution is -2.17. The first-order chi connectivity index (χ1) is 10.3. The molecule has 2 aromatic rings. The van der Waals surface area contributed by atoms with Crippen LogP contribution >= 0.6 is 0 Å². The molecule has 0 aromatic heterocycles. The zero-order valence-corrected chi connectivity index (χ0v) is 11.6. The van der Waals surface area contributed by atoms with Crippen LogP contribution in [0.2, 0.25) is 0 Å². The lowest BCUT2D eigenvalue weighted by Gasteiger charge is -2.17. The van der Waals surface area contributed by atoms with Gasteiger partial charge in [-0.25, -0.2) is 10.0 Å².